The number of urea groups is 1. The Hall–Kier alpha value is -1.71. The Kier molecular flexibility index (Phi) is 3.20. The number of fused-ring (bicyclic) bond motifs is 1. The number of nitrogens with zero attached hydrogens (tertiary/aromatic N) is 1. The lowest BCUT2D eigenvalue weighted by molar-refractivity contribution is 0.238. The Morgan fingerprint density at radius 3 is 2.72 bits per heavy atom. The van der Waals surface area contributed by atoms with E-state index in [4.69, 9.17) is 4.74 Å². The van der Waals surface area contributed by atoms with Crippen molar-refractivity contribution in [2.24, 2.45) is 0 Å². The maximum absolute atomic E-state index is 12.2. The third-order valence-electron chi connectivity index (χ3n) is 2.91. The van der Waals surface area contributed by atoms with Crippen LogP contribution < -0.4 is 15.0 Å². The van der Waals surface area contributed by atoms with Crippen LogP contribution in [0.15, 0.2) is 18.2 Å². The Morgan fingerprint density at radius 2 is 2.11 bits per heavy atom. The maximum Gasteiger partial charge on any atom is 0.322 e. The van der Waals surface area contributed by atoms with E-state index in [0.29, 0.717) is 0 Å². The summed E-state index contributed by atoms with van der Waals surface area (Å²) in [6.07, 6.45) is 0.879. The Bertz CT molecular complexity index is 463. The van der Waals surface area contributed by atoms with E-state index < -0.39 is 0 Å². The van der Waals surface area contributed by atoms with Gasteiger partial charge in [-0.25, -0.2) is 4.79 Å². The van der Waals surface area contributed by atoms with Gasteiger partial charge in [-0.15, -0.1) is 0 Å². The van der Waals surface area contributed by atoms with Crippen LogP contribution in [-0.2, 0) is 6.42 Å². The van der Waals surface area contributed by atoms with Gasteiger partial charge in [0.25, 0.3) is 0 Å². The number of benzene rings is 1. The number of anilines is 1. The van der Waals surface area contributed by atoms with Gasteiger partial charge >= 0.3 is 6.03 Å². The third-order valence-corrected chi connectivity index (χ3v) is 2.91. The molecule has 1 aliphatic heterocycles. The number of methoxy groups -OCH3 is 1. The number of rotatable bonds is 1. The molecule has 0 saturated carbocycles. The van der Waals surface area contributed by atoms with Crippen LogP contribution in [0, 0.1) is 0 Å². The zero-order valence-electron chi connectivity index (χ0n) is 11.4. The quantitative estimate of drug-likeness (QED) is 0.830. The Labute approximate surface area is 108 Å². The molecule has 98 valence electrons. The van der Waals surface area contributed by atoms with E-state index in [1.165, 1.54) is 5.56 Å². The highest BCUT2D eigenvalue weighted by molar-refractivity contribution is 5.94. The third kappa shape index (κ3) is 2.58. The van der Waals surface area contributed by atoms with Crippen molar-refractivity contribution in [1.82, 2.24) is 5.32 Å². The van der Waals surface area contributed by atoms with Crippen molar-refractivity contribution in [3.63, 3.8) is 0 Å². The summed E-state index contributed by atoms with van der Waals surface area (Å²) in [6.45, 7) is 6.67. The Morgan fingerprint density at radius 1 is 1.39 bits per heavy atom. The molecule has 1 aliphatic rings. The first-order chi connectivity index (χ1) is 8.40. The molecule has 0 spiro atoms. The molecule has 0 atom stereocenters. The summed E-state index contributed by atoms with van der Waals surface area (Å²) >= 11 is 0. The van der Waals surface area contributed by atoms with Crippen molar-refractivity contribution in [3.05, 3.63) is 23.8 Å². The van der Waals surface area contributed by atoms with E-state index in [9.17, 15) is 4.79 Å². The van der Waals surface area contributed by atoms with Crippen LogP contribution in [0.3, 0.4) is 0 Å². The second-order valence-electron chi connectivity index (χ2n) is 5.58. The average Bonchev–Trinajstić information content (AvgIpc) is 2.69. The monoisotopic (exact) mass is 248 g/mol. The summed E-state index contributed by atoms with van der Waals surface area (Å²) < 4.78 is 5.20. The number of carbonyl (C=O) groups is 1. The van der Waals surface area contributed by atoms with Crippen molar-refractivity contribution >= 4 is 11.7 Å². The van der Waals surface area contributed by atoms with Crippen molar-refractivity contribution in [1.29, 1.82) is 0 Å². The summed E-state index contributed by atoms with van der Waals surface area (Å²) in [5, 5.41) is 2.99. The highest BCUT2D eigenvalue weighted by Crippen LogP contribution is 2.31. The van der Waals surface area contributed by atoms with E-state index in [0.717, 1.165) is 24.4 Å². The van der Waals surface area contributed by atoms with E-state index in [-0.39, 0.29) is 11.6 Å². The van der Waals surface area contributed by atoms with Crippen LogP contribution in [0.5, 0.6) is 5.75 Å². The van der Waals surface area contributed by atoms with E-state index in [2.05, 4.69) is 5.32 Å². The maximum atomic E-state index is 12.2. The molecule has 0 unspecified atom stereocenters. The van der Waals surface area contributed by atoms with Gasteiger partial charge in [0.2, 0.25) is 0 Å². The van der Waals surface area contributed by atoms with Crippen LogP contribution in [0.4, 0.5) is 10.5 Å². The zero-order valence-corrected chi connectivity index (χ0v) is 11.4. The first kappa shape index (κ1) is 12.7. The molecule has 18 heavy (non-hydrogen) atoms. The molecule has 2 amide bonds. The van der Waals surface area contributed by atoms with Crippen LogP contribution in [0.25, 0.3) is 0 Å². The van der Waals surface area contributed by atoms with Gasteiger partial charge in [-0.3, -0.25) is 4.90 Å². The van der Waals surface area contributed by atoms with Gasteiger partial charge in [-0.1, -0.05) is 0 Å². The first-order valence-electron chi connectivity index (χ1n) is 6.17. The molecule has 0 saturated heterocycles. The normalized spacial score (nSPS) is 14.3. The van der Waals surface area contributed by atoms with E-state index in [1.54, 1.807) is 12.0 Å². The minimum Gasteiger partial charge on any atom is -0.497 e. The van der Waals surface area contributed by atoms with Gasteiger partial charge in [-0.2, -0.15) is 0 Å². The number of hydrogen-bond donors (Lipinski definition) is 1. The first-order valence-corrected chi connectivity index (χ1v) is 6.17. The molecule has 1 aromatic carbocycles. The van der Waals surface area contributed by atoms with Crippen LogP contribution in [-0.4, -0.2) is 25.2 Å². The topological polar surface area (TPSA) is 41.6 Å². The number of ether oxygens (including phenoxy) is 1. The van der Waals surface area contributed by atoms with E-state index in [1.807, 2.05) is 39.0 Å². The minimum atomic E-state index is -0.216. The molecule has 0 fully saturated rings. The fraction of sp³-hybridized carbons (Fsp3) is 0.500. The number of amides is 2. The van der Waals surface area contributed by atoms with Crippen LogP contribution >= 0.6 is 0 Å². The van der Waals surface area contributed by atoms with Gasteiger partial charge in [0.1, 0.15) is 5.75 Å². The molecular formula is C14H20N2O2. The molecule has 0 radical (unpaired) electrons. The highest BCUT2D eigenvalue weighted by atomic mass is 16.5. The van der Waals surface area contributed by atoms with Gasteiger partial charge in [-0.05, 0) is 51.0 Å². The van der Waals surface area contributed by atoms with Gasteiger partial charge in [0.15, 0.2) is 0 Å². The molecular weight excluding hydrogens is 228 g/mol. The molecule has 2 rings (SSSR count). The fourth-order valence-electron chi connectivity index (χ4n) is 2.10. The van der Waals surface area contributed by atoms with Crippen LogP contribution in [0.1, 0.15) is 26.3 Å². The summed E-state index contributed by atoms with van der Waals surface area (Å²) in [5.74, 6) is 0.840. The number of carbonyl (C=O) groups excluding carboxylic acids is 1. The summed E-state index contributed by atoms with van der Waals surface area (Å²) in [6, 6.07) is 5.80. The molecule has 0 aliphatic carbocycles. The lowest BCUT2D eigenvalue weighted by Crippen LogP contribution is -2.48. The van der Waals surface area contributed by atoms with Crippen molar-refractivity contribution in [2.75, 3.05) is 18.6 Å². The van der Waals surface area contributed by atoms with Gasteiger partial charge in [0, 0.05) is 17.8 Å². The standard InChI is InChI=1S/C14H20N2O2/c1-14(2,3)15-13(17)16-8-7-10-9-11(18-4)5-6-12(10)16/h5-6,9H,7-8H2,1-4H3,(H,15,17). The SMILES string of the molecule is COc1ccc2c(c1)CCN2C(=O)NC(C)(C)C. The summed E-state index contributed by atoms with van der Waals surface area (Å²) in [7, 11) is 1.65. The second kappa shape index (κ2) is 4.52. The molecule has 4 heteroatoms. The average molecular weight is 248 g/mol. The Balaban J connectivity index is 2.19. The minimum absolute atomic E-state index is 0.0357. The number of nitrogens with one attached hydrogen (secondary N) is 1. The second-order valence-corrected chi connectivity index (χ2v) is 5.58. The van der Waals surface area contributed by atoms with Gasteiger partial charge < -0.3 is 10.1 Å². The zero-order chi connectivity index (χ0) is 13.3. The number of hydrogen-bond acceptors (Lipinski definition) is 2. The lowest BCUT2D eigenvalue weighted by atomic mass is 10.1. The fourth-order valence-corrected chi connectivity index (χ4v) is 2.10. The van der Waals surface area contributed by atoms with Crippen molar-refractivity contribution in [3.8, 4) is 5.75 Å². The molecule has 1 N–H and O–H groups in total. The summed E-state index contributed by atoms with van der Waals surface area (Å²) in [5.41, 5.74) is 1.93. The van der Waals surface area contributed by atoms with Crippen LogP contribution in [0.2, 0.25) is 0 Å². The van der Waals surface area contributed by atoms with Gasteiger partial charge in [0.05, 0.1) is 7.11 Å². The predicted molar refractivity (Wildman–Crippen MR) is 72.3 cm³/mol. The summed E-state index contributed by atoms with van der Waals surface area (Å²) in [4.78, 5) is 14.0. The molecule has 0 aromatic heterocycles. The smallest absolute Gasteiger partial charge is 0.322 e. The van der Waals surface area contributed by atoms with Crippen molar-refractivity contribution in [2.45, 2.75) is 32.7 Å². The molecule has 4 nitrogen and oxygen atoms in total. The van der Waals surface area contributed by atoms with Crippen molar-refractivity contribution < 1.29 is 9.53 Å². The lowest BCUT2D eigenvalue weighted by Gasteiger charge is -2.26. The molecule has 1 aromatic rings. The largest absolute Gasteiger partial charge is 0.497 e. The van der Waals surface area contributed by atoms with E-state index >= 15 is 0 Å². The molecule has 1 heterocycles. The highest BCUT2D eigenvalue weighted by Gasteiger charge is 2.27. The molecule has 0 bridgehead atoms. The predicted octanol–water partition coefficient (Wildman–Crippen LogP) is 2.57.